The number of hydrogen-bond donors (Lipinski definition) is 2. The number of thiocarbonyl (C=S) groups is 1. The van der Waals surface area contributed by atoms with Gasteiger partial charge in [-0.15, -0.1) is 0 Å². The van der Waals surface area contributed by atoms with Gasteiger partial charge < -0.3 is 20.4 Å². The molecule has 6 heteroatoms. The molecule has 4 rings (SSSR count). The molecular weight excluding hydrogens is 390 g/mol. The molecule has 160 valence electrons. The Morgan fingerprint density at radius 2 is 1.70 bits per heavy atom. The molecule has 5 nitrogen and oxygen atoms in total. The zero-order valence-corrected chi connectivity index (χ0v) is 18.9. The number of pyridine rings is 1. The largest absolute Gasteiger partial charge is 0.372 e. The third kappa shape index (κ3) is 5.42. The van der Waals surface area contributed by atoms with Crippen molar-refractivity contribution in [1.82, 2.24) is 10.3 Å². The molecule has 0 bridgehead atoms. The number of aromatic nitrogens is 1. The molecule has 2 fully saturated rings. The minimum absolute atomic E-state index is 0.619. The standard InChI is InChI=1S/C24H33N5S/c1-18-13-19(2)17-29(16-18)23-10-7-21(15-25-23)27-24(30)26-14-20-5-8-22(9-6-20)28-11-3-4-12-28/h5-10,15,18-19H,3-4,11-14,16-17H2,1-2H3,(H2,26,27,30)/t18-,19-/m0/s1. The maximum Gasteiger partial charge on any atom is 0.171 e. The van der Waals surface area contributed by atoms with Crippen LogP contribution in [0.25, 0.3) is 0 Å². The number of hydrogen-bond acceptors (Lipinski definition) is 4. The Kier molecular flexibility index (Phi) is 6.72. The van der Waals surface area contributed by atoms with Crippen molar-refractivity contribution in [2.75, 3.05) is 41.3 Å². The van der Waals surface area contributed by atoms with Gasteiger partial charge in [-0.3, -0.25) is 0 Å². The van der Waals surface area contributed by atoms with Gasteiger partial charge in [0.15, 0.2) is 5.11 Å². The molecule has 1 aromatic heterocycles. The van der Waals surface area contributed by atoms with Crippen molar-refractivity contribution < 1.29 is 0 Å². The molecule has 2 atom stereocenters. The fourth-order valence-electron chi connectivity index (χ4n) is 4.65. The molecule has 0 unspecified atom stereocenters. The first-order valence-electron chi connectivity index (χ1n) is 11.2. The summed E-state index contributed by atoms with van der Waals surface area (Å²) in [6, 6.07) is 12.9. The number of rotatable bonds is 5. The van der Waals surface area contributed by atoms with Crippen LogP contribution < -0.4 is 20.4 Å². The van der Waals surface area contributed by atoms with Crippen LogP contribution in [0.1, 0.15) is 38.7 Å². The minimum Gasteiger partial charge on any atom is -0.372 e. The summed E-state index contributed by atoms with van der Waals surface area (Å²) in [5.41, 5.74) is 3.46. The number of piperidine rings is 1. The molecule has 0 spiro atoms. The number of nitrogens with zero attached hydrogens (tertiary/aromatic N) is 3. The van der Waals surface area contributed by atoms with Gasteiger partial charge in [0.2, 0.25) is 0 Å². The lowest BCUT2D eigenvalue weighted by molar-refractivity contribution is 0.355. The van der Waals surface area contributed by atoms with Crippen molar-refractivity contribution >= 4 is 34.5 Å². The summed E-state index contributed by atoms with van der Waals surface area (Å²) < 4.78 is 0. The van der Waals surface area contributed by atoms with E-state index in [-0.39, 0.29) is 0 Å². The zero-order valence-electron chi connectivity index (χ0n) is 18.1. The highest BCUT2D eigenvalue weighted by atomic mass is 32.1. The van der Waals surface area contributed by atoms with Crippen molar-refractivity contribution in [3.63, 3.8) is 0 Å². The fraction of sp³-hybridized carbons (Fsp3) is 0.500. The molecule has 2 aliphatic rings. The molecule has 2 aromatic rings. The summed E-state index contributed by atoms with van der Waals surface area (Å²) in [6.45, 7) is 9.87. The number of nitrogens with one attached hydrogen (secondary N) is 2. The van der Waals surface area contributed by atoms with E-state index in [4.69, 9.17) is 12.2 Å². The average molecular weight is 424 g/mol. The Labute approximate surface area is 185 Å². The van der Waals surface area contributed by atoms with Gasteiger partial charge in [-0.05, 0) is 73.1 Å². The van der Waals surface area contributed by atoms with Gasteiger partial charge in [-0.2, -0.15) is 0 Å². The van der Waals surface area contributed by atoms with E-state index in [2.05, 4.69) is 75.7 Å². The van der Waals surface area contributed by atoms with Crippen LogP contribution in [0.15, 0.2) is 42.6 Å². The molecule has 0 aliphatic carbocycles. The molecular formula is C24H33N5S. The number of benzene rings is 1. The van der Waals surface area contributed by atoms with Gasteiger partial charge in [-0.25, -0.2) is 4.98 Å². The highest BCUT2D eigenvalue weighted by Crippen LogP contribution is 2.25. The zero-order chi connectivity index (χ0) is 20.9. The molecule has 30 heavy (non-hydrogen) atoms. The lowest BCUT2D eigenvalue weighted by Gasteiger charge is -2.35. The summed E-state index contributed by atoms with van der Waals surface area (Å²) >= 11 is 5.47. The van der Waals surface area contributed by atoms with Crippen LogP contribution in [0, 0.1) is 11.8 Å². The van der Waals surface area contributed by atoms with E-state index in [0.717, 1.165) is 36.4 Å². The highest BCUT2D eigenvalue weighted by Gasteiger charge is 2.22. The van der Waals surface area contributed by atoms with E-state index in [1.54, 1.807) is 0 Å². The Bertz CT molecular complexity index is 820. The predicted molar refractivity (Wildman–Crippen MR) is 130 cm³/mol. The van der Waals surface area contributed by atoms with Crippen molar-refractivity contribution in [2.45, 2.75) is 39.7 Å². The van der Waals surface area contributed by atoms with E-state index >= 15 is 0 Å². The molecule has 0 amide bonds. The quantitative estimate of drug-likeness (QED) is 0.683. The van der Waals surface area contributed by atoms with E-state index in [0.29, 0.717) is 11.7 Å². The highest BCUT2D eigenvalue weighted by molar-refractivity contribution is 7.80. The Morgan fingerprint density at radius 1 is 1.00 bits per heavy atom. The van der Waals surface area contributed by atoms with Crippen molar-refractivity contribution in [2.24, 2.45) is 11.8 Å². The summed E-state index contributed by atoms with van der Waals surface area (Å²) in [5, 5.41) is 7.16. The van der Waals surface area contributed by atoms with Crippen molar-refractivity contribution in [3.05, 3.63) is 48.2 Å². The minimum atomic E-state index is 0.619. The van der Waals surface area contributed by atoms with Gasteiger partial charge in [0.25, 0.3) is 0 Å². The molecule has 1 aromatic carbocycles. The number of anilines is 3. The summed E-state index contributed by atoms with van der Waals surface area (Å²) in [6.07, 6.45) is 5.78. The maximum absolute atomic E-state index is 5.47. The van der Waals surface area contributed by atoms with Crippen LogP contribution in [0.4, 0.5) is 17.2 Å². The smallest absolute Gasteiger partial charge is 0.171 e. The van der Waals surface area contributed by atoms with Gasteiger partial charge in [-0.1, -0.05) is 26.0 Å². The monoisotopic (exact) mass is 423 g/mol. The van der Waals surface area contributed by atoms with Crippen LogP contribution >= 0.6 is 12.2 Å². The summed E-state index contributed by atoms with van der Waals surface area (Å²) in [5.74, 6) is 2.49. The van der Waals surface area contributed by atoms with Crippen molar-refractivity contribution in [3.8, 4) is 0 Å². The topological polar surface area (TPSA) is 43.4 Å². The van der Waals surface area contributed by atoms with Gasteiger partial charge in [0.05, 0.1) is 11.9 Å². The van der Waals surface area contributed by atoms with Crippen LogP contribution in [0.3, 0.4) is 0 Å². The Morgan fingerprint density at radius 3 is 2.33 bits per heavy atom. The van der Waals surface area contributed by atoms with Gasteiger partial charge >= 0.3 is 0 Å². The predicted octanol–water partition coefficient (Wildman–Crippen LogP) is 4.65. The van der Waals surface area contributed by atoms with Crippen LogP contribution in [0.2, 0.25) is 0 Å². The van der Waals surface area contributed by atoms with Crippen LogP contribution in [0.5, 0.6) is 0 Å². The van der Waals surface area contributed by atoms with Gasteiger partial charge in [0.1, 0.15) is 5.82 Å². The second kappa shape index (κ2) is 9.65. The Hall–Kier alpha value is -2.34. The molecule has 0 radical (unpaired) electrons. The first-order valence-corrected chi connectivity index (χ1v) is 11.6. The SMILES string of the molecule is C[C@H]1C[C@H](C)CN(c2ccc(NC(=S)NCc3ccc(N4CCCC4)cc3)cn2)C1. The van der Waals surface area contributed by atoms with Crippen LogP contribution in [-0.4, -0.2) is 36.3 Å². The third-order valence-electron chi connectivity index (χ3n) is 6.06. The third-order valence-corrected chi connectivity index (χ3v) is 6.31. The lowest BCUT2D eigenvalue weighted by atomic mass is 9.92. The molecule has 2 aliphatic heterocycles. The van der Waals surface area contributed by atoms with Crippen molar-refractivity contribution in [1.29, 1.82) is 0 Å². The van der Waals surface area contributed by atoms with E-state index in [1.165, 1.54) is 43.6 Å². The normalized spacial score (nSPS) is 21.5. The first-order chi connectivity index (χ1) is 14.6. The average Bonchev–Trinajstić information content (AvgIpc) is 3.27. The van der Waals surface area contributed by atoms with Crippen LogP contribution in [-0.2, 0) is 6.54 Å². The molecule has 2 saturated heterocycles. The molecule has 3 heterocycles. The van der Waals surface area contributed by atoms with E-state index in [9.17, 15) is 0 Å². The van der Waals surface area contributed by atoms with Gasteiger partial charge in [0, 0.05) is 38.4 Å². The second-order valence-electron chi connectivity index (χ2n) is 8.92. The summed E-state index contributed by atoms with van der Waals surface area (Å²) in [7, 11) is 0. The Balaban J connectivity index is 1.25. The lowest BCUT2D eigenvalue weighted by Crippen LogP contribution is -2.39. The summed E-state index contributed by atoms with van der Waals surface area (Å²) in [4.78, 5) is 9.50. The molecule has 0 saturated carbocycles. The fourth-order valence-corrected chi connectivity index (χ4v) is 4.84. The first kappa shape index (κ1) is 20.9. The maximum atomic E-state index is 5.47. The van der Waals surface area contributed by atoms with E-state index < -0.39 is 0 Å². The van der Waals surface area contributed by atoms with E-state index in [1.807, 2.05) is 6.20 Å². The second-order valence-corrected chi connectivity index (χ2v) is 9.33. The molecule has 2 N–H and O–H groups in total.